The predicted octanol–water partition coefficient (Wildman–Crippen LogP) is 2.95. The molecule has 104 valence electrons. The van der Waals surface area contributed by atoms with Crippen LogP contribution in [0, 0.1) is 5.92 Å². The normalized spacial score (nSPS) is 22.2. The fourth-order valence-corrected chi connectivity index (χ4v) is 2.56. The van der Waals surface area contributed by atoms with Gasteiger partial charge in [-0.25, -0.2) is 0 Å². The van der Waals surface area contributed by atoms with E-state index in [-0.39, 0.29) is 23.3 Å². The fraction of sp³-hybridized carbons (Fsp3) is 0.500. The maximum Gasteiger partial charge on any atom is 0.224 e. The molecule has 1 saturated carbocycles. The van der Waals surface area contributed by atoms with Crippen LogP contribution in [-0.2, 0) is 4.79 Å². The lowest BCUT2D eigenvalue weighted by molar-refractivity contribution is -0.123. The monoisotopic (exact) mass is 300 g/mol. The van der Waals surface area contributed by atoms with Gasteiger partial charge in [0.1, 0.15) is 0 Å². The largest absolute Gasteiger partial charge is 0.350 e. The van der Waals surface area contributed by atoms with E-state index in [4.69, 9.17) is 28.9 Å². The van der Waals surface area contributed by atoms with Crippen molar-refractivity contribution in [1.29, 1.82) is 0 Å². The average molecular weight is 301 g/mol. The molecule has 0 radical (unpaired) electrons. The number of nitrogens with one attached hydrogen (secondary N) is 1. The maximum atomic E-state index is 12.1. The Labute approximate surface area is 123 Å². The molecule has 0 saturated heterocycles. The van der Waals surface area contributed by atoms with Gasteiger partial charge in [0, 0.05) is 18.0 Å². The molecule has 0 bridgehead atoms. The minimum absolute atomic E-state index is 0.0261. The van der Waals surface area contributed by atoms with Gasteiger partial charge in [-0.2, -0.15) is 0 Å². The highest BCUT2D eigenvalue weighted by atomic mass is 35.5. The summed E-state index contributed by atoms with van der Waals surface area (Å²) in [5.41, 5.74) is 6.20. The van der Waals surface area contributed by atoms with Crippen molar-refractivity contribution in [1.82, 2.24) is 5.32 Å². The van der Waals surface area contributed by atoms with Gasteiger partial charge in [0.15, 0.2) is 0 Å². The lowest BCUT2D eigenvalue weighted by atomic mass is 10.0. The van der Waals surface area contributed by atoms with Gasteiger partial charge in [-0.1, -0.05) is 35.3 Å². The van der Waals surface area contributed by atoms with Crippen LogP contribution in [0.25, 0.3) is 0 Å². The van der Waals surface area contributed by atoms with E-state index in [2.05, 4.69) is 5.32 Å². The molecule has 1 aliphatic carbocycles. The number of carbonyl (C=O) groups excluding carboxylic acids is 1. The highest BCUT2D eigenvalue weighted by Crippen LogP contribution is 2.50. The Morgan fingerprint density at radius 1 is 1.47 bits per heavy atom. The summed E-state index contributed by atoms with van der Waals surface area (Å²) in [5, 5.41) is 4.05. The summed E-state index contributed by atoms with van der Waals surface area (Å²) in [5.74, 6) is 0.179. The zero-order chi connectivity index (χ0) is 14.2. The lowest BCUT2D eigenvalue weighted by Crippen LogP contribution is -2.49. The number of halogens is 2. The Bertz CT molecular complexity index is 502. The summed E-state index contributed by atoms with van der Waals surface area (Å²) in [6, 6.07) is 5.54. The SMILES string of the molecule is CC(C)(CN)NC(=O)C1CC1c1cccc(Cl)c1Cl. The third kappa shape index (κ3) is 3.22. The number of nitrogens with two attached hydrogens (primary N) is 1. The Morgan fingerprint density at radius 3 is 2.79 bits per heavy atom. The first-order chi connectivity index (χ1) is 8.85. The van der Waals surface area contributed by atoms with Crippen LogP contribution >= 0.6 is 23.2 Å². The second-order valence-electron chi connectivity index (χ2n) is 5.67. The molecule has 1 amide bonds. The molecule has 0 aromatic heterocycles. The molecule has 3 N–H and O–H groups in total. The summed E-state index contributed by atoms with van der Waals surface area (Å²) in [6.45, 7) is 4.23. The highest BCUT2D eigenvalue weighted by Gasteiger charge is 2.45. The van der Waals surface area contributed by atoms with Gasteiger partial charge in [0.2, 0.25) is 5.91 Å². The molecule has 0 spiro atoms. The Balaban J connectivity index is 2.05. The predicted molar refractivity (Wildman–Crippen MR) is 78.6 cm³/mol. The van der Waals surface area contributed by atoms with E-state index in [1.54, 1.807) is 6.07 Å². The van der Waals surface area contributed by atoms with E-state index in [9.17, 15) is 4.79 Å². The van der Waals surface area contributed by atoms with Crippen molar-refractivity contribution in [2.45, 2.75) is 31.7 Å². The van der Waals surface area contributed by atoms with Gasteiger partial charge in [-0.15, -0.1) is 0 Å². The number of amides is 1. The standard InChI is InChI=1S/C14H18Cl2N2O/c1-14(2,7-17)18-13(19)10-6-9(10)8-4-3-5-11(15)12(8)16/h3-5,9-10H,6-7,17H2,1-2H3,(H,18,19). The first-order valence-corrected chi connectivity index (χ1v) is 7.07. The van der Waals surface area contributed by atoms with E-state index in [1.165, 1.54) is 0 Å². The van der Waals surface area contributed by atoms with E-state index < -0.39 is 0 Å². The molecule has 2 atom stereocenters. The molecule has 0 heterocycles. The number of hydrogen-bond donors (Lipinski definition) is 2. The van der Waals surface area contributed by atoms with Crippen LogP contribution in [0.1, 0.15) is 31.7 Å². The summed E-state index contributed by atoms with van der Waals surface area (Å²) in [7, 11) is 0. The van der Waals surface area contributed by atoms with Gasteiger partial charge >= 0.3 is 0 Å². The smallest absolute Gasteiger partial charge is 0.224 e. The molecule has 0 aliphatic heterocycles. The minimum atomic E-state index is -0.373. The van der Waals surface area contributed by atoms with E-state index in [0.29, 0.717) is 16.6 Å². The van der Waals surface area contributed by atoms with Crippen molar-refractivity contribution in [3.05, 3.63) is 33.8 Å². The summed E-state index contributed by atoms with van der Waals surface area (Å²) >= 11 is 12.2. The quantitative estimate of drug-likeness (QED) is 0.898. The van der Waals surface area contributed by atoms with Crippen molar-refractivity contribution in [2.24, 2.45) is 11.7 Å². The Hall–Kier alpha value is -0.770. The van der Waals surface area contributed by atoms with Gasteiger partial charge in [0.25, 0.3) is 0 Å². The fourth-order valence-electron chi connectivity index (χ4n) is 2.11. The van der Waals surface area contributed by atoms with Crippen molar-refractivity contribution in [2.75, 3.05) is 6.54 Å². The molecule has 5 heteroatoms. The molecule has 1 aliphatic rings. The zero-order valence-corrected chi connectivity index (χ0v) is 12.6. The minimum Gasteiger partial charge on any atom is -0.350 e. The van der Waals surface area contributed by atoms with Gasteiger partial charge in [-0.3, -0.25) is 4.79 Å². The number of rotatable bonds is 4. The number of hydrogen-bond acceptors (Lipinski definition) is 2. The zero-order valence-electron chi connectivity index (χ0n) is 11.0. The van der Waals surface area contributed by atoms with Crippen LogP contribution in [0.2, 0.25) is 10.0 Å². The van der Waals surface area contributed by atoms with E-state index in [1.807, 2.05) is 26.0 Å². The molecule has 1 aromatic carbocycles. The van der Waals surface area contributed by atoms with Crippen LogP contribution in [0.3, 0.4) is 0 Å². The lowest BCUT2D eigenvalue weighted by Gasteiger charge is -2.24. The van der Waals surface area contributed by atoms with Gasteiger partial charge < -0.3 is 11.1 Å². The van der Waals surface area contributed by atoms with E-state index >= 15 is 0 Å². The van der Waals surface area contributed by atoms with Crippen LogP contribution in [0.5, 0.6) is 0 Å². The van der Waals surface area contributed by atoms with E-state index in [0.717, 1.165) is 12.0 Å². The second-order valence-corrected chi connectivity index (χ2v) is 6.45. The highest BCUT2D eigenvalue weighted by molar-refractivity contribution is 6.42. The van der Waals surface area contributed by atoms with Crippen LogP contribution in [0.4, 0.5) is 0 Å². The third-order valence-electron chi connectivity index (χ3n) is 3.48. The van der Waals surface area contributed by atoms with Crippen LogP contribution in [0.15, 0.2) is 18.2 Å². The summed E-state index contributed by atoms with van der Waals surface area (Å²) in [6.07, 6.45) is 0.812. The summed E-state index contributed by atoms with van der Waals surface area (Å²) in [4.78, 5) is 12.1. The molecule has 2 unspecified atom stereocenters. The Morgan fingerprint density at radius 2 is 2.16 bits per heavy atom. The number of benzene rings is 1. The molecule has 2 rings (SSSR count). The number of carbonyl (C=O) groups is 1. The molecule has 3 nitrogen and oxygen atoms in total. The van der Waals surface area contributed by atoms with Gasteiger partial charge in [0.05, 0.1) is 10.0 Å². The first-order valence-electron chi connectivity index (χ1n) is 6.32. The molecule has 1 aromatic rings. The molecule has 19 heavy (non-hydrogen) atoms. The Kier molecular flexibility index (Phi) is 4.09. The molecule has 1 fully saturated rings. The van der Waals surface area contributed by atoms with Gasteiger partial charge in [-0.05, 0) is 37.8 Å². The van der Waals surface area contributed by atoms with Crippen LogP contribution in [-0.4, -0.2) is 18.0 Å². The average Bonchev–Trinajstić information content (AvgIpc) is 3.12. The first kappa shape index (κ1) is 14.6. The van der Waals surface area contributed by atoms with Crippen molar-refractivity contribution in [3.8, 4) is 0 Å². The van der Waals surface area contributed by atoms with Crippen molar-refractivity contribution in [3.63, 3.8) is 0 Å². The maximum absolute atomic E-state index is 12.1. The molecular formula is C14H18Cl2N2O. The van der Waals surface area contributed by atoms with Crippen molar-refractivity contribution < 1.29 is 4.79 Å². The topological polar surface area (TPSA) is 55.1 Å². The molecular weight excluding hydrogens is 283 g/mol. The van der Waals surface area contributed by atoms with Crippen LogP contribution < -0.4 is 11.1 Å². The third-order valence-corrected chi connectivity index (χ3v) is 4.31. The summed E-state index contributed by atoms with van der Waals surface area (Å²) < 4.78 is 0. The van der Waals surface area contributed by atoms with Crippen molar-refractivity contribution >= 4 is 29.1 Å². The second kappa shape index (κ2) is 5.31.